The maximum atomic E-state index is 12.9. The molecule has 4 heterocycles. The molecular weight excluding hydrogens is 460 g/mol. The van der Waals surface area contributed by atoms with Gasteiger partial charge in [0.25, 0.3) is 0 Å². The predicted molar refractivity (Wildman–Crippen MR) is 147 cm³/mol. The van der Waals surface area contributed by atoms with Gasteiger partial charge in [0, 0.05) is 74.4 Å². The summed E-state index contributed by atoms with van der Waals surface area (Å²) in [5, 5.41) is 0. The van der Waals surface area contributed by atoms with E-state index < -0.39 is 0 Å². The number of ether oxygens (including phenoxy) is 1. The zero-order chi connectivity index (χ0) is 25.0. The van der Waals surface area contributed by atoms with Crippen molar-refractivity contribution in [3.63, 3.8) is 0 Å². The lowest BCUT2D eigenvalue weighted by atomic mass is 9.78. The average molecular weight is 499 g/mol. The van der Waals surface area contributed by atoms with Crippen LogP contribution in [-0.2, 0) is 6.42 Å². The van der Waals surface area contributed by atoms with Crippen LogP contribution in [0.15, 0.2) is 61.1 Å². The molecule has 2 aromatic heterocycles. The maximum Gasteiger partial charge on any atom is 0.163 e. The molecule has 1 saturated carbocycles. The highest BCUT2D eigenvalue weighted by atomic mass is 16.5. The number of fused-ring (bicyclic) bond motifs is 1. The number of pyridine rings is 1. The molecule has 2 fully saturated rings. The van der Waals surface area contributed by atoms with Crippen LogP contribution in [0.3, 0.4) is 0 Å². The van der Waals surface area contributed by atoms with Crippen molar-refractivity contribution in [2.24, 2.45) is 11.8 Å². The number of nitrogens with zero attached hydrogens (tertiary/aromatic N) is 4. The van der Waals surface area contributed by atoms with E-state index in [0.29, 0.717) is 18.1 Å². The molecule has 3 aromatic rings. The standard InChI is InChI=1S/C31H38N4O2/c36-29(26-7-9-27(10-8-26)34-15-1-2-16-34)23-25-5-3-24(4-6-25)12-17-33-18-20-35(21-19-33)31-28-13-22-37-30(28)11-14-32-31/h1-2,7-11,14-16,24-25H,3-6,12-13,17-23H2. The van der Waals surface area contributed by atoms with E-state index in [-0.39, 0.29) is 0 Å². The van der Waals surface area contributed by atoms with E-state index in [1.807, 2.05) is 61.1 Å². The van der Waals surface area contributed by atoms with Crippen molar-refractivity contribution in [2.75, 3.05) is 44.2 Å². The number of benzene rings is 1. The molecule has 37 heavy (non-hydrogen) atoms. The lowest BCUT2D eigenvalue weighted by Gasteiger charge is -2.37. The Morgan fingerprint density at radius 3 is 2.41 bits per heavy atom. The first-order valence-corrected chi connectivity index (χ1v) is 14.1. The fraction of sp³-hybridized carbons (Fsp3) is 0.484. The first kappa shape index (κ1) is 24.2. The molecule has 1 aliphatic carbocycles. The van der Waals surface area contributed by atoms with Crippen LogP contribution in [0.4, 0.5) is 5.82 Å². The lowest BCUT2D eigenvalue weighted by molar-refractivity contribution is 0.0940. The van der Waals surface area contributed by atoms with E-state index in [2.05, 4.69) is 19.4 Å². The van der Waals surface area contributed by atoms with E-state index in [4.69, 9.17) is 4.74 Å². The van der Waals surface area contributed by atoms with Crippen molar-refractivity contribution in [1.29, 1.82) is 0 Å². The van der Waals surface area contributed by atoms with Gasteiger partial charge in [-0.1, -0.05) is 12.8 Å². The number of rotatable bonds is 8. The van der Waals surface area contributed by atoms with Gasteiger partial charge in [-0.3, -0.25) is 9.69 Å². The highest BCUT2D eigenvalue weighted by Gasteiger charge is 2.26. The molecule has 6 nitrogen and oxygen atoms in total. The topological polar surface area (TPSA) is 50.6 Å². The number of hydrogen-bond acceptors (Lipinski definition) is 5. The normalized spacial score (nSPS) is 22.0. The molecule has 2 aliphatic heterocycles. The van der Waals surface area contributed by atoms with Gasteiger partial charge in [-0.05, 0) is 80.1 Å². The van der Waals surface area contributed by atoms with Crippen LogP contribution in [-0.4, -0.2) is 59.6 Å². The molecule has 0 spiro atoms. The van der Waals surface area contributed by atoms with Crippen LogP contribution >= 0.6 is 0 Å². The molecule has 0 radical (unpaired) electrons. The first-order valence-electron chi connectivity index (χ1n) is 14.1. The van der Waals surface area contributed by atoms with Crippen LogP contribution < -0.4 is 9.64 Å². The van der Waals surface area contributed by atoms with Crippen molar-refractivity contribution >= 4 is 11.6 Å². The molecule has 1 saturated heterocycles. The molecule has 0 N–H and O–H groups in total. The van der Waals surface area contributed by atoms with Crippen LogP contribution in [0, 0.1) is 11.8 Å². The van der Waals surface area contributed by atoms with Crippen molar-refractivity contribution in [3.05, 3.63) is 72.2 Å². The molecule has 0 bridgehead atoms. The summed E-state index contributed by atoms with van der Waals surface area (Å²) in [5.41, 5.74) is 3.24. The second-order valence-corrected chi connectivity index (χ2v) is 11.0. The summed E-state index contributed by atoms with van der Waals surface area (Å²) in [6.45, 7) is 6.29. The molecule has 0 atom stereocenters. The first-order chi connectivity index (χ1) is 18.2. The van der Waals surface area contributed by atoms with E-state index in [0.717, 1.165) is 67.9 Å². The number of piperazine rings is 1. The van der Waals surface area contributed by atoms with E-state index in [9.17, 15) is 4.79 Å². The molecule has 1 aromatic carbocycles. The van der Waals surface area contributed by atoms with E-state index >= 15 is 0 Å². The Kier molecular flexibility index (Phi) is 7.27. The minimum Gasteiger partial charge on any atom is -0.493 e. The molecule has 0 unspecified atom stereocenters. The Bertz CT molecular complexity index is 1170. The Hall–Kier alpha value is -3.12. The van der Waals surface area contributed by atoms with Gasteiger partial charge in [-0.25, -0.2) is 4.98 Å². The number of carbonyl (C=O) groups is 1. The predicted octanol–water partition coefficient (Wildman–Crippen LogP) is 5.40. The average Bonchev–Trinajstić information content (AvgIpc) is 3.66. The minimum atomic E-state index is 0.297. The van der Waals surface area contributed by atoms with Gasteiger partial charge in [0.05, 0.1) is 6.61 Å². The molecule has 194 valence electrons. The van der Waals surface area contributed by atoms with Gasteiger partial charge in [0.15, 0.2) is 5.78 Å². The number of carbonyl (C=O) groups excluding carboxylic acids is 1. The monoisotopic (exact) mass is 498 g/mol. The van der Waals surface area contributed by atoms with Crippen LogP contribution in [0.2, 0.25) is 0 Å². The summed E-state index contributed by atoms with van der Waals surface area (Å²) < 4.78 is 7.79. The van der Waals surface area contributed by atoms with Gasteiger partial charge in [-0.2, -0.15) is 0 Å². The Morgan fingerprint density at radius 2 is 1.65 bits per heavy atom. The number of aromatic nitrogens is 2. The van der Waals surface area contributed by atoms with Gasteiger partial charge in [-0.15, -0.1) is 0 Å². The number of hydrogen-bond donors (Lipinski definition) is 0. The van der Waals surface area contributed by atoms with Crippen LogP contribution in [0.5, 0.6) is 5.75 Å². The zero-order valence-electron chi connectivity index (χ0n) is 21.7. The highest BCUT2D eigenvalue weighted by molar-refractivity contribution is 5.96. The number of Topliss-reactive ketones (excluding diaryl/α,β-unsaturated/α-hetero) is 1. The SMILES string of the molecule is O=C(CC1CCC(CCN2CCN(c3nccc4c3CCO4)CC2)CC1)c1ccc(-n2cccc2)cc1. The molecule has 6 heteroatoms. The smallest absolute Gasteiger partial charge is 0.163 e. The fourth-order valence-electron chi connectivity index (χ4n) is 6.35. The van der Waals surface area contributed by atoms with Gasteiger partial charge in [0.1, 0.15) is 11.6 Å². The maximum absolute atomic E-state index is 12.9. The number of ketones is 1. The van der Waals surface area contributed by atoms with E-state index in [1.165, 1.54) is 44.2 Å². The molecule has 0 amide bonds. The van der Waals surface area contributed by atoms with Crippen molar-refractivity contribution in [3.8, 4) is 11.4 Å². The molecular formula is C31H38N4O2. The Morgan fingerprint density at radius 1 is 0.919 bits per heavy atom. The molecule has 6 rings (SSSR count). The highest BCUT2D eigenvalue weighted by Crippen LogP contribution is 2.34. The summed E-state index contributed by atoms with van der Waals surface area (Å²) in [6, 6.07) is 14.1. The largest absolute Gasteiger partial charge is 0.493 e. The van der Waals surface area contributed by atoms with Crippen molar-refractivity contribution in [2.45, 2.75) is 44.9 Å². The fourth-order valence-corrected chi connectivity index (χ4v) is 6.35. The van der Waals surface area contributed by atoms with Crippen molar-refractivity contribution < 1.29 is 9.53 Å². The van der Waals surface area contributed by atoms with Gasteiger partial charge in [0.2, 0.25) is 0 Å². The van der Waals surface area contributed by atoms with Crippen LogP contribution in [0.25, 0.3) is 5.69 Å². The summed E-state index contributed by atoms with van der Waals surface area (Å²) in [6.07, 6.45) is 13.8. The minimum absolute atomic E-state index is 0.297. The second kappa shape index (κ2) is 11.1. The third-order valence-corrected chi connectivity index (χ3v) is 8.66. The third kappa shape index (κ3) is 5.59. The summed E-state index contributed by atoms with van der Waals surface area (Å²) in [7, 11) is 0. The van der Waals surface area contributed by atoms with Gasteiger partial charge >= 0.3 is 0 Å². The summed E-state index contributed by atoms with van der Waals surface area (Å²) in [4.78, 5) is 22.6. The number of anilines is 1. The quantitative estimate of drug-likeness (QED) is 0.389. The molecule has 3 aliphatic rings. The third-order valence-electron chi connectivity index (χ3n) is 8.66. The lowest BCUT2D eigenvalue weighted by Crippen LogP contribution is -2.47. The summed E-state index contributed by atoms with van der Waals surface area (Å²) in [5.74, 6) is 3.81. The van der Waals surface area contributed by atoms with Gasteiger partial charge < -0.3 is 14.2 Å². The van der Waals surface area contributed by atoms with Crippen molar-refractivity contribution in [1.82, 2.24) is 14.5 Å². The van der Waals surface area contributed by atoms with E-state index in [1.54, 1.807) is 0 Å². The zero-order valence-corrected chi connectivity index (χ0v) is 21.7. The second-order valence-electron chi connectivity index (χ2n) is 11.0. The van der Waals surface area contributed by atoms with Crippen LogP contribution in [0.1, 0.15) is 54.4 Å². The Labute approximate surface area is 220 Å². The summed E-state index contributed by atoms with van der Waals surface area (Å²) >= 11 is 0. The Balaban J connectivity index is 0.910.